The molecule has 1 aromatic rings. The molecule has 0 aliphatic rings. The van der Waals surface area contributed by atoms with E-state index in [1.165, 1.54) is 0 Å². The molecular weight excluding hydrogens is 444 g/mol. The molecule has 1 rings (SSSR count). The van der Waals surface area contributed by atoms with Gasteiger partial charge in [0, 0.05) is 0 Å². The first-order valence-electron chi connectivity index (χ1n) is 6.88. The summed E-state index contributed by atoms with van der Waals surface area (Å²) in [7, 11) is 0. The number of nitrogens with zero attached hydrogens (tertiary/aromatic N) is 2. The molecule has 0 aliphatic carbocycles. The number of rotatable bonds is 4. The molecule has 0 amide bonds. The lowest BCUT2D eigenvalue weighted by Crippen LogP contribution is -2.26. The maximum absolute atomic E-state index is 9.44. The summed E-state index contributed by atoms with van der Waals surface area (Å²) < 4.78 is 0. The normalized spacial score (nSPS) is 11.4. The van der Waals surface area contributed by atoms with Crippen molar-refractivity contribution in [2.75, 3.05) is 0 Å². The standard InChI is InChI=1S/C10H15N5.2C2H2Cl2O2/c1-7(8-5-3-2-4-6-8)14-10(13)15-9(11)12;2*3-1(4)2(5)6/h2-7H,1H3,(H6,11,12,13,14,15);2*1H,(H,5,6). The van der Waals surface area contributed by atoms with E-state index in [1.54, 1.807) is 0 Å². The smallest absolute Gasteiger partial charge is 0.337 e. The molecule has 1 unspecified atom stereocenters. The van der Waals surface area contributed by atoms with Gasteiger partial charge in [-0.2, -0.15) is 4.99 Å². The van der Waals surface area contributed by atoms with Crippen molar-refractivity contribution in [2.45, 2.75) is 22.6 Å². The van der Waals surface area contributed by atoms with Crippen LogP contribution in [0.5, 0.6) is 0 Å². The molecule has 0 bridgehead atoms. The Hall–Kier alpha value is -1.94. The fourth-order valence-corrected chi connectivity index (χ4v) is 1.17. The number of benzene rings is 1. The number of alkyl halides is 4. The van der Waals surface area contributed by atoms with E-state index in [1.807, 2.05) is 37.3 Å². The molecule has 0 radical (unpaired) electrons. The molecule has 0 spiro atoms. The van der Waals surface area contributed by atoms with Crippen LogP contribution in [0.3, 0.4) is 0 Å². The second-order valence-electron chi connectivity index (χ2n) is 4.39. The Morgan fingerprint density at radius 3 is 1.59 bits per heavy atom. The van der Waals surface area contributed by atoms with E-state index in [-0.39, 0.29) is 18.0 Å². The minimum atomic E-state index is -1.29. The highest BCUT2D eigenvalue weighted by molar-refractivity contribution is 6.53. The number of hydrogen-bond donors (Lipinski definition) is 5. The summed E-state index contributed by atoms with van der Waals surface area (Å²) in [6.45, 7) is 1.92. The number of carbonyl (C=O) groups is 2. The summed E-state index contributed by atoms with van der Waals surface area (Å²) in [4.78, 5) is 24.1. The average molecular weight is 463 g/mol. The molecule has 0 fully saturated rings. The van der Waals surface area contributed by atoms with E-state index in [4.69, 9.17) is 73.8 Å². The monoisotopic (exact) mass is 461 g/mol. The summed E-state index contributed by atoms with van der Waals surface area (Å²) in [6.07, 6.45) is 0. The van der Waals surface area contributed by atoms with Crippen LogP contribution >= 0.6 is 46.4 Å². The number of nitrogens with two attached hydrogens (primary N) is 3. The molecule has 9 nitrogen and oxygen atoms in total. The van der Waals surface area contributed by atoms with Crippen LogP contribution < -0.4 is 17.2 Å². The van der Waals surface area contributed by atoms with E-state index in [0.29, 0.717) is 0 Å². The molecule has 1 atom stereocenters. The van der Waals surface area contributed by atoms with Crippen LogP contribution in [-0.2, 0) is 9.59 Å². The maximum atomic E-state index is 9.44. The van der Waals surface area contributed by atoms with E-state index in [2.05, 4.69) is 9.98 Å². The van der Waals surface area contributed by atoms with Gasteiger partial charge in [0.15, 0.2) is 5.96 Å². The second kappa shape index (κ2) is 15.2. The molecule has 13 heteroatoms. The largest absolute Gasteiger partial charge is 0.479 e. The van der Waals surface area contributed by atoms with Gasteiger partial charge in [-0.05, 0) is 12.5 Å². The predicted molar refractivity (Wildman–Crippen MR) is 109 cm³/mol. The first kappa shape index (κ1) is 27.3. The molecule has 0 saturated heterocycles. The van der Waals surface area contributed by atoms with Crippen molar-refractivity contribution in [3.05, 3.63) is 35.9 Å². The number of guanidine groups is 2. The van der Waals surface area contributed by atoms with E-state index >= 15 is 0 Å². The Labute approximate surface area is 175 Å². The zero-order valence-electron chi connectivity index (χ0n) is 14.0. The lowest BCUT2D eigenvalue weighted by Gasteiger charge is -2.06. The lowest BCUT2D eigenvalue weighted by molar-refractivity contribution is -0.136. The minimum absolute atomic E-state index is 0.0608. The van der Waals surface area contributed by atoms with Crippen molar-refractivity contribution in [2.24, 2.45) is 27.2 Å². The number of halogens is 4. The van der Waals surface area contributed by atoms with Gasteiger partial charge < -0.3 is 27.4 Å². The van der Waals surface area contributed by atoms with Crippen LogP contribution in [0.2, 0.25) is 0 Å². The van der Waals surface area contributed by atoms with Crippen LogP contribution in [0.4, 0.5) is 0 Å². The number of carboxylic acids is 2. The molecule has 0 heterocycles. The Balaban J connectivity index is 0. The average Bonchev–Trinajstić information content (AvgIpc) is 2.55. The Bertz CT molecular complexity index is 620. The summed E-state index contributed by atoms with van der Waals surface area (Å²) in [5.74, 6) is -2.42. The fourth-order valence-electron chi connectivity index (χ4n) is 1.17. The van der Waals surface area contributed by atoms with Crippen LogP contribution in [0, 0.1) is 0 Å². The maximum Gasteiger partial charge on any atom is 0.337 e. The molecule has 0 saturated carbocycles. The Kier molecular flexibility index (Phi) is 15.3. The Morgan fingerprint density at radius 2 is 1.30 bits per heavy atom. The summed E-state index contributed by atoms with van der Waals surface area (Å²) in [5.41, 5.74) is 16.9. The highest BCUT2D eigenvalue weighted by atomic mass is 35.5. The lowest BCUT2D eigenvalue weighted by atomic mass is 10.1. The molecule has 0 aromatic heterocycles. The third kappa shape index (κ3) is 17.2. The first-order valence-corrected chi connectivity index (χ1v) is 8.62. The van der Waals surface area contributed by atoms with Gasteiger partial charge in [0.2, 0.25) is 15.6 Å². The van der Waals surface area contributed by atoms with Crippen molar-refractivity contribution < 1.29 is 19.8 Å². The number of hydrogen-bond acceptors (Lipinski definition) is 3. The van der Waals surface area contributed by atoms with Gasteiger partial charge in [-0.1, -0.05) is 76.7 Å². The second-order valence-corrected chi connectivity index (χ2v) is 6.58. The third-order valence-electron chi connectivity index (χ3n) is 2.22. The van der Waals surface area contributed by atoms with Crippen molar-refractivity contribution in [1.82, 2.24) is 0 Å². The van der Waals surface area contributed by atoms with Gasteiger partial charge in [-0.3, -0.25) is 0 Å². The van der Waals surface area contributed by atoms with Crippen molar-refractivity contribution in [1.29, 1.82) is 0 Å². The summed E-state index contributed by atoms with van der Waals surface area (Å²) in [5, 5.41) is 15.5. The van der Waals surface area contributed by atoms with E-state index in [0.717, 1.165) is 5.56 Å². The number of aliphatic imine (C=N–C) groups is 2. The van der Waals surface area contributed by atoms with E-state index in [9.17, 15) is 9.59 Å². The Morgan fingerprint density at radius 1 is 0.926 bits per heavy atom. The van der Waals surface area contributed by atoms with Gasteiger partial charge in [0.05, 0.1) is 6.04 Å². The highest BCUT2D eigenvalue weighted by Crippen LogP contribution is 2.15. The summed E-state index contributed by atoms with van der Waals surface area (Å²) >= 11 is 19.1. The topological polar surface area (TPSA) is 177 Å². The zero-order chi connectivity index (χ0) is 21.6. The van der Waals surface area contributed by atoms with Gasteiger partial charge in [0.1, 0.15) is 0 Å². The molecular formula is C14H19Cl4N5O4. The molecule has 8 N–H and O–H groups in total. The third-order valence-corrected chi connectivity index (χ3v) is 2.97. The molecule has 152 valence electrons. The molecule has 1 aromatic carbocycles. The quantitative estimate of drug-likeness (QED) is 0.258. The predicted octanol–water partition coefficient (Wildman–Crippen LogP) is 2.09. The minimum Gasteiger partial charge on any atom is -0.479 e. The van der Waals surface area contributed by atoms with Gasteiger partial charge in [0.25, 0.3) is 0 Å². The summed E-state index contributed by atoms with van der Waals surface area (Å²) in [6, 6.07) is 9.71. The fraction of sp³-hybridized carbons (Fsp3) is 0.286. The first-order chi connectivity index (χ1) is 12.4. The van der Waals surface area contributed by atoms with Crippen LogP contribution in [0.1, 0.15) is 18.5 Å². The SMILES string of the molecule is CC(N=C(N)N=C(N)N)c1ccccc1.O=C(O)C(Cl)Cl.O=C(O)C(Cl)Cl. The van der Waals surface area contributed by atoms with E-state index < -0.39 is 21.6 Å². The van der Waals surface area contributed by atoms with Gasteiger partial charge >= 0.3 is 11.9 Å². The van der Waals surface area contributed by atoms with Crippen LogP contribution in [0.15, 0.2) is 40.3 Å². The van der Waals surface area contributed by atoms with Crippen LogP contribution in [-0.4, -0.2) is 43.7 Å². The van der Waals surface area contributed by atoms with Gasteiger partial charge in [-0.25, -0.2) is 14.6 Å². The number of aliphatic carboxylic acids is 2. The van der Waals surface area contributed by atoms with Gasteiger partial charge in [-0.15, -0.1) is 0 Å². The zero-order valence-corrected chi connectivity index (χ0v) is 17.0. The molecule has 0 aliphatic heterocycles. The van der Waals surface area contributed by atoms with Crippen molar-refractivity contribution in [3.8, 4) is 0 Å². The molecule has 27 heavy (non-hydrogen) atoms. The number of carboxylic acid groups (broad SMARTS) is 2. The van der Waals surface area contributed by atoms with Crippen molar-refractivity contribution in [3.63, 3.8) is 0 Å². The van der Waals surface area contributed by atoms with Crippen molar-refractivity contribution >= 4 is 70.3 Å². The highest BCUT2D eigenvalue weighted by Gasteiger charge is 2.06. The van der Waals surface area contributed by atoms with Crippen LogP contribution in [0.25, 0.3) is 0 Å².